The molecular formula is C12H13N5OS. The van der Waals surface area contributed by atoms with E-state index in [0.29, 0.717) is 18.2 Å². The van der Waals surface area contributed by atoms with Crippen molar-refractivity contribution in [1.29, 1.82) is 0 Å². The summed E-state index contributed by atoms with van der Waals surface area (Å²) in [6.07, 6.45) is 4.44. The zero-order valence-corrected chi connectivity index (χ0v) is 11.3. The molecule has 0 radical (unpaired) electrons. The first-order chi connectivity index (χ1) is 9.28. The molecule has 0 unspecified atom stereocenters. The number of pyridine rings is 1. The summed E-state index contributed by atoms with van der Waals surface area (Å²) < 4.78 is 1.86. The van der Waals surface area contributed by atoms with Gasteiger partial charge < -0.3 is 0 Å². The number of nitrogens with zero attached hydrogens (tertiary/aromatic N) is 5. The van der Waals surface area contributed by atoms with Crippen molar-refractivity contribution in [2.24, 2.45) is 0 Å². The van der Waals surface area contributed by atoms with Gasteiger partial charge in [-0.15, -0.1) is 5.10 Å². The Labute approximate surface area is 114 Å². The Balaban J connectivity index is 1.76. The molecule has 7 heteroatoms. The molecule has 19 heavy (non-hydrogen) atoms. The molecule has 2 aromatic heterocycles. The van der Waals surface area contributed by atoms with Crippen LogP contribution in [0.5, 0.6) is 0 Å². The van der Waals surface area contributed by atoms with Gasteiger partial charge in [-0.1, -0.05) is 6.92 Å². The molecule has 3 rings (SSSR count). The third-order valence-corrected chi connectivity index (χ3v) is 3.84. The lowest BCUT2D eigenvalue weighted by atomic mass is 10.2. The SMILES string of the molecule is CCC(=O)c1ccc(Sc2nnnn2C2CC2)cn1. The van der Waals surface area contributed by atoms with Gasteiger partial charge in [-0.25, -0.2) is 4.68 Å². The van der Waals surface area contributed by atoms with E-state index < -0.39 is 0 Å². The first-order valence-corrected chi connectivity index (χ1v) is 7.04. The van der Waals surface area contributed by atoms with Crippen LogP contribution in [0, 0.1) is 0 Å². The monoisotopic (exact) mass is 275 g/mol. The molecule has 1 aliphatic carbocycles. The highest BCUT2D eigenvalue weighted by Crippen LogP contribution is 2.37. The molecule has 0 aromatic carbocycles. The maximum atomic E-state index is 11.5. The molecule has 2 aromatic rings. The second kappa shape index (κ2) is 5.08. The van der Waals surface area contributed by atoms with Gasteiger partial charge in [0.1, 0.15) is 5.69 Å². The minimum atomic E-state index is 0.0550. The van der Waals surface area contributed by atoms with E-state index in [-0.39, 0.29) is 5.78 Å². The smallest absolute Gasteiger partial charge is 0.214 e. The van der Waals surface area contributed by atoms with Crippen LogP contribution in [0.2, 0.25) is 0 Å². The third-order valence-electron chi connectivity index (χ3n) is 2.91. The minimum Gasteiger partial charge on any atom is -0.292 e. The largest absolute Gasteiger partial charge is 0.292 e. The summed E-state index contributed by atoms with van der Waals surface area (Å²) in [4.78, 5) is 16.6. The molecule has 6 nitrogen and oxygen atoms in total. The fraction of sp³-hybridized carbons (Fsp3) is 0.417. The Morgan fingerprint density at radius 3 is 2.95 bits per heavy atom. The molecule has 0 aliphatic heterocycles. The van der Waals surface area contributed by atoms with E-state index in [4.69, 9.17) is 0 Å². The molecule has 0 amide bonds. The van der Waals surface area contributed by atoms with Crippen LogP contribution >= 0.6 is 11.8 Å². The van der Waals surface area contributed by atoms with Crippen LogP contribution in [-0.4, -0.2) is 31.0 Å². The predicted octanol–water partition coefficient (Wildman–Crippen LogP) is 2.15. The van der Waals surface area contributed by atoms with Crippen LogP contribution in [0.15, 0.2) is 28.4 Å². The quantitative estimate of drug-likeness (QED) is 0.778. The highest BCUT2D eigenvalue weighted by Gasteiger charge is 2.28. The highest BCUT2D eigenvalue weighted by atomic mass is 32.2. The van der Waals surface area contributed by atoms with Crippen molar-refractivity contribution in [3.63, 3.8) is 0 Å². The predicted molar refractivity (Wildman–Crippen MR) is 69.1 cm³/mol. The Bertz CT molecular complexity index is 590. The number of carbonyl (C=O) groups excluding carboxylic acids is 1. The van der Waals surface area contributed by atoms with E-state index in [9.17, 15) is 4.79 Å². The first kappa shape index (κ1) is 12.3. The maximum absolute atomic E-state index is 11.5. The van der Waals surface area contributed by atoms with E-state index in [1.165, 1.54) is 11.8 Å². The Hall–Kier alpha value is -1.76. The van der Waals surface area contributed by atoms with Crippen molar-refractivity contribution in [3.05, 3.63) is 24.0 Å². The molecule has 0 atom stereocenters. The molecule has 1 saturated carbocycles. The van der Waals surface area contributed by atoms with Crippen molar-refractivity contribution in [3.8, 4) is 0 Å². The van der Waals surface area contributed by atoms with E-state index >= 15 is 0 Å². The number of hydrogen-bond acceptors (Lipinski definition) is 6. The van der Waals surface area contributed by atoms with Crippen LogP contribution in [0.4, 0.5) is 0 Å². The molecular weight excluding hydrogens is 262 g/mol. The highest BCUT2D eigenvalue weighted by molar-refractivity contribution is 7.99. The Kier molecular flexibility index (Phi) is 3.29. The average molecular weight is 275 g/mol. The van der Waals surface area contributed by atoms with E-state index in [1.807, 2.05) is 17.7 Å². The lowest BCUT2D eigenvalue weighted by Gasteiger charge is -2.02. The summed E-state index contributed by atoms with van der Waals surface area (Å²) in [6.45, 7) is 1.83. The van der Waals surface area contributed by atoms with Gasteiger partial charge in [-0.2, -0.15) is 0 Å². The summed E-state index contributed by atoms with van der Waals surface area (Å²) in [5.74, 6) is 0.0550. The van der Waals surface area contributed by atoms with Gasteiger partial charge in [-0.3, -0.25) is 9.78 Å². The number of Topliss-reactive ketones (excluding diaryl/α,β-unsaturated/α-hetero) is 1. The number of aromatic nitrogens is 5. The number of carbonyl (C=O) groups is 1. The molecule has 1 fully saturated rings. The second-order valence-electron chi connectivity index (χ2n) is 4.40. The lowest BCUT2D eigenvalue weighted by Crippen LogP contribution is -2.00. The van der Waals surface area contributed by atoms with Crippen LogP contribution in [0.3, 0.4) is 0 Å². The average Bonchev–Trinajstić information content (AvgIpc) is 3.19. The van der Waals surface area contributed by atoms with Gasteiger partial charge in [0.2, 0.25) is 5.16 Å². The Morgan fingerprint density at radius 1 is 1.47 bits per heavy atom. The molecule has 1 aliphatic rings. The summed E-state index contributed by atoms with van der Waals surface area (Å²) in [5.41, 5.74) is 0.508. The summed E-state index contributed by atoms with van der Waals surface area (Å²) >= 11 is 1.47. The summed E-state index contributed by atoms with van der Waals surface area (Å²) in [6, 6.07) is 4.08. The third kappa shape index (κ3) is 2.65. The summed E-state index contributed by atoms with van der Waals surface area (Å²) in [5, 5.41) is 12.5. The van der Waals surface area contributed by atoms with Crippen LogP contribution in [-0.2, 0) is 0 Å². The number of tetrazole rings is 1. The molecule has 2 heterocycles. The first-order valence-electron chi connectivity index (χ1n) is 6.23. The van der Waals surface area contributed by atoms with E-state index in [1.54, 1.807) is 12.3 Å². The van der Waals surface area contributed by atoms with Crippen molar-refractivity contribution in [2.45, 2.75) is 42.3 Å². The minimum absolute atomic E-state index is 0.0550. The molecule has 0 spiro atoms. The molecule has 98 valence electrons. The topological polar surface area (TPSA) is 73.6 Å². The zero-order valence-electron chi connectivity index (χ0n) is 10.5. The van der Waals surface area contributed by atoms with Crippen LogP contribution in [0.25, 0.3) is 0 Å². The van der Waals surface area contributed by atoms with Crippen molar-refractivity contribution >= 4 is 17.5 Å². The second-order valence-corrected chi connectivity index (χ2v) is 5.44. The molecule has 0 N–H and O–H groups in total. The van der Waals surface area contributed by atoms with Gasteiger partial charge in [0.05, 0.1) is 6.04 Å². The Morgan fingerprint density at radius 2 is 2.32 bits per heavy atom. The van der Waals surface area contributed by atoms with E-state index in [0.717, 1.165) is 22.9 Å². The van der Waals surface area contributed by atoms with Gasteiger partial charge in [0, 0.05) is 17.5 Å². The van der Waals surface area contributed by atoms with Gasteiger partial charge in [-0.05, 0) is 47.2 Å². The van der Waals surface area contributed by atoms with Crippen molar-refractivity contribution in [1.82, 2.24) is 25.2 Å². The zero-order chi connectivity index (χ0) is 13.2. The lowest BCUT2D eigenvalue weighted by molar-refractivity contribution is 0.0983. The maximum Gasteiger partial charge on any atom is 0.214 e. The number of ketones is 1. The van der Waals surface area contributed by atoms with Crippen LogP contribution < -0.4 is 0 Å². The number of rotatable bonds is 5. The number of hydrogen-bond donors (Lipinski definition) is 0. The van der Waals surface area contributed by atoms with Gasteiger partial charge in [0.15, 0.2) is 5.78 Å². The van der Waals surface area contributed by atoms with Crippen LogP contribution in [0.1, 0.15) is 42.7 Å². The standard InChI is InChI=1S/C12H13N5OS/c1-2-11(18)10-6-5-9(7-13-10)19-12-14-15-16-17(12)8-3-4-8/h5-8H,2-4H2,1H3. The van der Waals surface area contributed by atoms with Gasteiger partial charge in [0.25, 0.3) is 0 Å². The summed E-state index contributed by atoms with van der Waals surface area (Å²) in [7, 11) is 0. The molecule has 0 bridgehead atoms. The van der Waals surface area contributed by atoms with E-state index in [2.05, 4.69) is 20.5 Å². The van der Waals surface area contributed by atoms with Crippen molar-refractivity contribution in [2.75, 3.05) is 0 Å². The normalized spacial score (nSPS) is 14.6. The fourth-order valence-electron chi connectivity index (χ4n) is 1.69. The van der Waals surface area contributed by atoms with Gasteiger partial charge >= 0.3 is 0 Å². The fourth-order valence-corrected chi connectivity index (χ4v) is 2.50. The molecule has 0 saturated heterocycles. The van der Waals surface area contributed by atoms with Crippen molar-refractivity contribution < 1.29 is 4.79 Å².